The molecule has 5 rings (SSSR count). The predicted octanol–water partition coefficient (Wildman–Crippen LogP) is 4.44. The third-order valence-corrected chi connectivity index (χ3v) is 4.78. The molecular formula is C21H15N3O2. The largest absolute Gasteiger partial charge is 0.497 e. The molecule has 2 aromatic carbocycles. The van der Waals surface area contributed by atoms with Crippen molar-refractivity contribution in [3.8, 4) is 5.75 Å². The Bertz CT molecular complexity index is 1300. The highest BCUT2D eigenvalue weighted by Crippen LogP contribution is 2.31. The molecule has 3 aromatic heterocycles. The standard InChI is InChI=1S/C21H15N3O2/c1-26-12-6-7-14-15-8-9-22-20(19(15)24-18(14)10-12)21(25)16-11-23-17-5-3-2-4-13(16)17/h2-11,23-24H,1H3. The van der Waals surface area contributed by atoms with Crippen LogP contribution in [-0.2, 0) is 0 Å². The van der Waals surface area contributed by atoms with Gasteiger partial charge in [-0.05, 0) is 24.3 Å². The van der Waals surface area contributed by atoms with Crippen molar-refractivity contribution in [2.75, 3.05) is 7.11 Å². The van der Waals surface area contributed by atoms with Gasteiger partial charge in [-0.25, -0.2) is 0 Å². The summed E-state index contributed by atoms with van der Waals surface area (Å²) in [5.41, 5.74) is 3.63. The molecule has 5 nitrogen and oxygen atoms in total. The van der Waals surface area contributed by atoms with Crippen molar-refractivity contribution in [1.82, 2.24) is 15.0 Å². The number of aromatic nitrogens is 3. The van der Waals surface area contributed by atoms with Gasteiger partial charge in [0.25, 0.3) is 0 Å². The number of hydrogen-bond donors (Lipinski definition) is 2. The number of fused-ring (bicyclic) bond motifs is 4. The number of carbonyl (C=O) groups excluding carboxylic acids is 1. The van der Waals surface area contributed by atoms with Gasteiger partial charge in [0.15, 0.2) is 0 Å². The number of ether oxygens (including phenoxy) is 1. The molecule has 0 amide bonds. The molecular weight excluding hydrogens is 326 g/mol. The lowest BCUT2D eigenvalue weighted by Crippen LogP contribution is -2.04. The highest BCUT2D eigenvalue weighted by atomic mass is 16.5. The molecule has 0 spiro atoms. The van der Waals surface area contributed by atoms with Crippen LogP contribution in [-0.4, -0.2) is 27.8 Å². The molecule has 0 unspecified atom stereocenters. The van der Waals surface area contributed by atoms with E-state index < -0.39 is 0 Å². The van der Waals surface area contributed by atoms with Crippen molar-refractivity contribution in [3.05, 3.63) is 72.2 Å². The number of aromatic amines is 2. The average Bonchev–Trinajstić information content (AvgIpc) is 3.28. The molecule has 3 heterocycles. The Morgan fingerprint density at radius 1 is 1.00 bits per heavy atom. The molecule has 0 aliphatic rings. The van der Waals surface area contributed by atoms with Crippen LogP contribution >= 0.6 is 0 Å². The van der Waals surface area contributed by atoms with Gasteiger partial charge in [-0.3, -0.25) is 9.78 Å². The zero-order valence-electron chi connectivity index (χ0n) is 14.0. The molecule has 0 bridgehead atoms. The van der Waals surface area contributed by atoms with Crippen molar-refractivity contribution < 1.29 is 9.53 Å². The third-order valence-electron chi connectivity index (χ3n) is 4.78. The van der Waals surface area contributed by atoms with Crippen molar-refractivity contribution >= 4 is 38.5 Å². The van der Waals surface area contributed by atoms with Gasteiger partial charge in [0.1, 0.15) is 11.4 Å². The van der Waals surface area contributed by atoms with Gasteiger partial charge in [-0.1, -0.05) is 18.2 Å². The lowest BCUT2D eigenvalue weighted by atomic mass is 10.0. The fourth-order valence-electron chi connectivity index (χ4n) is 3.50. The first kappa shape index (κ1) is 14.7. The van der Waals surface area contributed by atoms with Gasteiger partial charge >= 0.3 is 0 Å². The molecule has 26 heavy (non-hydrogen) atoms. The van der Waals surface area contributed by atoms with Crippen LogP contribution in [0.5, 0.6) is 5.75 Å². The predicted molar refractivity (Wildman–Crippen MR) is 102 cm³/mol. The number of carbonyl (C=O) groups is 1. The summed E-state index contributed by atoms with van der Waals surface area (Å²) in [5, 5.41) is 2.91. The molecule has 5 aromatic rings. The van der Waals surface area contributed by atoms with Gasteiger partial charge in [0, 0.05) is 45.7 Å². The number of H-pyrrole nitrogens is 2. The summed E-state index contributed by atoms with van der Waals surface area (Å²) in [6.07, 6.45) is 3.43. The fraction of sp³-hybridized carbons (Fsp3) is 0.0476. The van der Waals surface area contributed by atoms with E-state index in [0.29, 0.717) is 11.3 Å². The maximum absolute atomic E-state index is 13.2. The lowest BCUT2D eigenvalue weighted by Gasteiger charge is -2.01. The Morgan fingerprint density at radius 2 is 1.88 bits per heavy atom. The third kappa shape index (κ3) is 2.04. The summed E-state index contributed by atoms with van der Waals surface area (Å²) >= 11 is 0. The molecule has 5 heteroatoms. The van der Waals surface area contributed by atoms with Gasteiger partial charge < -0.3 is 14.7 Å². The molecule has 0 radical (unpaired) electrons. The van der Waals surface area contributed by atoms with Crippen molar-refractivity contribution in [3.63, 3.8) is 0 Å². The van der Waals surface area contributed by atoms with Gasteiger partial charge in [0.05, 0.1) is 18.1 Å². The van der Waals surface area contributed by atoms with E-state index in [9.17, 15) is 4.79 Å². The number of nitrogens with zero attached hydrogens (tertiary/aromatic N) is 1. The average molecular weight is 341 g/mol. The molecule has 0 saturated heterocycles. The number of nitrogens with one attached hydrogen (secondary N) is 2. The Hall–Kier alpha value is -3.60. The molecule has 0 saturated carbocycles. The van der Waals surface area contributed by atoms with E-state index in [0.717, 1.165) is 38.5 Å². The van der Waals surface area contributed by atoms with E-state index >= 15 is 0 Å². The van der Waals surface area contributed by atoms with Crippen LogP contribution in [0.15, 0.2) is 60.9 Å². The molecule has 0 atom stereocenters. The fourth-order valence-corrected chi connectivity index (χ4v) is 3.50. The molecule has 126 valence electrons. The van der Waals surface area contributed by atoms with Crippen LogP contribution in [0, 0.1) is 0 Å². The summed E-state index contributed by atoms with van der Waals surface area (Å²) < 4.78 is 5.30. The highest BCUT2D eigenvalue weighted by Gasteiger charge is 2.20. The monoisotopic (exact) mass is 341 g/mol. The molecule has 0 aliphatic carbocycles. The van der Waals surface area contributed by atoms with Crippen LogP contribution in [0.3, 0.4) is 0 Å². The van der Waals surface area contributed by atoms with E-state index in [1.807, 2.05) is 48.5 Å². The quantitative estimate of drug-likeness (QED) is 0.477. The van der Waals surface area contributed by atoms with Gasteiger partial charge in [0.2, 0.25) is 5.78 Å². The maximum atomic E-state index is 13.2. The van der Waals surface area contributed by atoms with Crippen molar-refractivity contribution in [1.29, 1.82) is 0 Å². The molecule has 0 fully saturated rings. The van der Waals surface area contributed by atoms with Crippen LogP contribution in [0.2, 0.25) is 0 Å². The minimum absolute atomic E-state index is 0.105. The number of para-hydroxylation sites is 1. The number of hydrogen-bond acceptors (Lipinski definition) is 3. The Labute approximate surface area is 148 Å². The Kier molecular flexibility index (Phi) is 3.09. The van der Waals surface area contributed by atoms with Crippen LogP contribution in [0.1, 0.15) is 16.1 Å². The van der Waals surface area contributed by atoms with E-state index in [1.54, 1.807) is 19.5 Å². The topological polar surface area (TPSA) is 70.8 Å². The Morgan fingerprint density at radius 3 is 2.77 bits per heavy atom. The zero-order valence-corrected chi connectivity index (χ0v) is 14.0. The number of rotatable bonds is 3. The van der Waals surface area contributed by atoms with Gasteiger partial charge in [-0.2, -0.15) is 0 Å². The van der Waals surface area contributed by atoms with E-state index in [2.05, 4.69) is 15.0 Å². The first-order valence-electron chi connectivity index (χ1n) is 8.31. The van der Waals surface area contributed by atoms with E-state index in [4.69, 9.17) is 4.74 Å². The summed E-state index contributed by atoms with van der Waals surface area (Å²) in [6, 6.07) is 15.5. The van der Waals surface area contributed by atoms with E-state index in [-0.39, 0.29) is 5.78 Å². The lowest BCUT2D eigenvalue weighted by molar-refractivity contribution is 0.103. The normalized spacial score (nSPS) is 11.4. The summed E-state index contributed by atoms with van der Waals surface area (Å²) in [6.45, 7) is 0. The second-order valence-electron chi connectivity index (χ2n) is 6.20. The highest BCUT2D eigenvalue weighted by molar-refractivity contribution is 6.22. The van der Waals surface area contributed by atoms with Crippen molar-refractivity contribution in [2.24, 2.45) is 0 Å². The number of methoxy groups -OCH3 is 1. The van der Waals surface area contributed by atoms with Gasteiger partial charge in [-0.15, -0.1) is 0 Å². The molecule has 2 N–H and O–H groups in total. The maximum Gasteiger partial charge on any atom is 0.215 e. The Balaban J connectivity index is 1.74. The van der Waals surface area contributed by atoms with E-state index in [1.165, 1.54) is 0 Å². The minimum atomic E-state index is -0.105. The number of benzene rings is 2. The summed E-state index contributed by atoms with van der Waals surface area (Å²) in [4.78, 5) is 24.1. The number of ketones is 1. The second kappa shape index (κ2) is 5.46. The van der Waals surface area contributed by atoms with Crippen LogP contribution < -0.4 is 4.74 Å². The summed E-state index contributed by atoms with van der Waals surface area (Å²) in [7, 11) is 1.64. The first-order valence-corrected chi connectivity index (χ1v) is 8.31. The van der Waals surface area contributed by atoms with Crippen LogP contribution in [0.4, 0.5) is 0 Å². The second-order valence-corrected chi connectivity index (χ2v) is 6.20. The SMILES string of the molecule is COc1ccc2c(c1)[nH]c1c(C(=O)c3c[nH]c4ccccc34)nccc12. The number of pyridine rings is 1. The van der Waals surface area contributed by atoms with Crippen molar-refractivity contribution in [2.45, 2.75) is 0 Å². The zero-order chi connectivity index (χ0) is 17.7. The first-order chi connectivity index (χ1) is 12.8. The summed E-state index contributed by atoms with van der Waals surface area (Å²) in [5.74, 6) is 0.660. The molecule has 0 aliphatic heterocycles. The van der Waals surface area contributed by atoms with Crippen LogP contribution in [0.25, 0.3) is 32.7 Å². The smallest absolute Gasteiger partial charge is 0.215 e. The minimum Gasteiger partial charge on any atom is -0.497 e.